The Morgan fingerprint density at radius 3 is 2.36 bits per heavy atom. The highest BCUT2D eigenvalue weighted by Gasteiger charge is 2.09. The van der Waals surface area contributed by atoms with Gasteiger partial charge in [-0.25, -0.2) is 0 Å². The average Bonchev–Trinajstić information content (AvgIpc) is 1.86. The summed E-state index contributed by atoms with van der Waals surface area (Å²) in [6, 6.07) is 0. The van der Waals surface area contributed by atoms with Crippen molar-refractivity contribution in [3.05, 3.63) is 0 Å². The van der Waals surface area contributed by atoms with Crippen LogP contribution >= 0.6 is 0 Å². The molecule has 0 amide bonds. The fraction of sp³-hybridized carbons (Fsp3) is 0.750. The van der Waals surface area contributed by atoms with Crippen molar-refractivity contribution >= 4 is 11.8 Å². The van der Waals surface area contributed by atoms with Gasteiger partial charge in [-0.15, -0.1) is 0 Å². The zero-order valence-electron chi connectivity index (χ0n) is 6.96. The monoisotopic (exact) mass is 158 g/mol. The summed E-state index contributed by atoms with van der Waals surface area (Å²) in [6.07, 6.45) is 1.77. The second-order valence-corrected chi connectivity index (χ2v) is 2.83. The molecule has 0 saturated heterocycles. The summed E-state index contributed by atoms with van der Waals surface area (Å²) >= 11 is 0. The Balaban J connectivity index is 3.39. The minimum absolute atomic E-state index is 0.127. The molecule has 0 fully saturated rings. The number of carbonyl (C=O) groups excluding carboxylic acids is 1. The van der Waals surface area contributed by atoms with Crippen LogP contribution in [0, 0.1) is 5.92 Å². The number of carboxylic acid groups (broad SMARTS) is 1. The normalized spacial score (nSPS) is 12.5. The van der Waals surface area contributed by atoms with Crippen LogP contribution in [0.15, 0.2) is 0 Å². The predicted molar refractivity (Wildman–Crippen MR) is 41.3 cm³/mol. The van der Waals surface area contributed by atoms with Crippen LogP contribution in [-0.4, -0.2) is 16.9 Å². The van der Waals surface area contributed by atoms with Crippen LogP contribution in [0.25, 0.3) is 0 Å². The summed E-state index contributed by atoms with van der Waals surface area (Å²) in [4.78, 5) is 20.7. The highest BCUT2D eigenvalue weighted by Crippen LogP contribution is 2.07. The largest absolute Gasteiger partial charge is 0.481 e. The summed E-state index contributed by atoms with van der Waals surface area (Å²) in [7, 11) is 0. The Morgan fingerprint density at radius 1 is 1.45 bits per heavy atom. The SMILES string of the molecule is CC(=O)CCC[C@H](C)C(=O)O. The van der Waals surface area contributed by atoms with E-state index in [1.807, 2.05) is 0 Å². The molecule has 0 heterocycles. The van der Waals surface area contributed by atoms with Gasteiger partial charge in [0.15, 0.2) is 0 Å². The third-order valence-corrected chi connectivity index (χ3v) is 1.59. The van der Waals surface area contributed by atoms with Crippen LogP contribution < -0.4 is 0 Å². The molecule has 0 saturated carbocycles. The third kappa shape index (κ3) is 5.58. The quantitative estimate of drug-likeness (QED) is 0.659. The molecule has 0 aromatic carbocycles. The van der Waals surface area contributed by atoms with Gasteiger partial charge in [0.2, 0.25) is 0 Å². The average molecular weight is 158 g/mol. The first-order valence-corrected chi connectivity index (χ1v) is 3.76. The molecule has 0 radical (unpaired) electrons. The number of carbonyl (C=O) groups is 2. The summed E-state index contributed by atoms with van der Waals surface area (Å²) in [5.74, 6) is -0.981. The van der Waals surface area contributed by atoms with Gasteiger partial charge in [-0.1, -0.05) is 6.92 Å². The summed E-state index contributed by atoms with van der Waals surface area (Å²) < 4.78 is 0. The van der Waals surface area contributed by atoms with Crippen LogP contribution in [0.4, 0.5) is 0 Å². The van der Waals surface area contributed by atoms with Crippen LogP contribution in [0.5, 0.6) is 0 Å². The summed E-state index contributed by atoms with van der Waals surface area (Å²) in [6.45, 7) is 3.17. The van der Waals surface area contributed by atoms with Crippen molar-refractivity contribution in [2.45, 2.75) is 33.1 Å². The van der Waals surface area contributed by atoms with E-state index in [0.29, 0.717) is 19.3 Å². The lowest BCUT2D eigenvalue weighted by molar-refractivity contribution is -0.141. The van der Waals surface area contributed by atoms with Crippen molar-refractivity contribution in [3.63, 3.8) is 0 Å². The van der Waals surface area contributed by atoms with Crippen molar-refractivity contribution in [2.75, 3.05) is 0 Å². The number of ketones is 1. The Labute approximate surface area is 66.4 Å². The molecule has 3 heteroatoms. The van der Waals surface area contributed by atoms with Gasteiger partial charge < -0.3 is 9.90 Å². The molecule has 0 bridgehead atoms. The molecule has 3 nitrogen and oxygen atoms in total. The Bertz CT molecular complexity index is 151. The van der Waals surface area contributed by atoms with E-state index in [-0.39, 0.29) is 11.7 Å². The van der Waals surface area contributed by atoms with Crippen molar-refractivity contribution in [1.29, 1.82) is 0 Å². The Morgan fingerprint density at radius 2 is 2.00 bits per heavy atom. The van der Waals surface area contributed by atoms with Gasteiger partial charge in [0, 0.05) is 6.42 Å². The van der Waals surface area contributed by atoms with Crippen LogP contribution in [0.2, 0.25) is 0 Å². The lowest BCUT2D eigenvalue weighted by Crippen LogP contribution is -2.09. The van der Waals surface area contributed by atoms with E-state index >= 15 is 0 Å². The first kappa shape index (κ1) is 10.1. The predicted octanol–water partition coefficient (Wildman–Crippen LogP) is 1.47. The standard InChI is InChI=1S/C8H14O3/c1-6(8(10)11)4-3-5-7(2)9/h6H,3-5H2,1-2H3,(H,10,11)/t6-/m0/s1. The van der Waals surface area contributed by atoms with Gasteiger partial charge in [0.1, 0.15) is 5.78 Å². The zero-order chi connectivity index (χ0) is 8.85. The molecule has 0 rings (SSSR count). The number of carboxylic acids is 1. The van der Waals surface area contributed by atoms with E-state index in [4.69, 9.17) is 5.11 Å². The number of aliphatic carboxylic acids is 1. The van der Waals surface area contributed by atoms with Crippen molar-refractivity contribution in [3.8, 4) is 0 Å². The number of hydrogen-bond acceptors (Lipinski definition) is 2. The van der Waals surface area contributed by atoms with Gasteiger partial charge in [-0.3, -0.25) is 4.79 Å². The first-order valence-electron chi connectivity index (χ1n) is 3.76. The smallest absolute Gasteiger partial charge is 0.306 e. The number of hydrogen-bond donors (Lipinski definition) is 1. The summed E-state index contributed by atoms with van der Waals surface area (Å²) in [5, 5.41) is 8.46. The molecular formula is C8H14O3. The molecule has 1 N–H and O–H groups in total. The molecule has 0 aliphatic heterocycles. The molecule has 0 unspecified atom stereocenters. The minimum atomic E-state index is -0.784. The van der Waals surface area contributed by atoms with Crippen LogP contribution in [0.3, 0.4) is 0 Å². The molecule has 0 aliphatic carbocycles. The molecule has 0 aromatic rings. The van der Waals surface area contributed by atoms with E-state index < -0.39 is 5.97 Å². The highest BCUT2D eigenvalue weighted by atomic mass is 16.4. The second-order valence-electron chi connectivity index (χ2n) is 2.83. The maximum absolute atomic E-state index is 10.4. The van der Waals surface area contributed by atoms with Crippen LogP contribution in [0.1, 0.15) is 33.1 Å². The fourth-order valence-corrected chi connectivity index (χ4v) is 0.781. The van der Waals surface area contributed by atoms with Gasteiger partial charge in [0.05, 0.1) is 5.92 Å². The van der Waals surface area contributed by atoms with Gasteiger partial charge in [-0.2, -0.15) is 0 Å². The van der Waals surface area contributed by atoms with Gasteiger partial charge >= 0.3 is 5.97 Å². The number of Topliss-reactive ketones (excluding diaryl/α,β-unsaturated/α-hetero) is 1. The maximum Gasteiger partial charge on any atom is 0.306 e. The van der Waals surface area contributed by atoms with Crippen molar-refractivity contribution < 1.29 is 14.7 Å². The molecule has 11 heavy (non-hydrogen) atoms. The van der Waals surface area contributed by atoms with Gasteiger partial charge in [0.25, 0.3) is 0 Å². The molecule has 0 spiro atoms. The van der Waals surface area contributed by atoms with E-state index in [9.17, 15) is 9.59 Å². The topological polar surface area (TPSA) is 54.4 Å². The third-order valence-electron chi connectivity index (χ3n) is 1.59. The zero-order valence-corrected chi connectivity index (χ0v) is 6.96. The van der Waals surface area contributed by atoms with E-state index in [1.54, 1.807) is 6.92 Å². The van der Waals surface area contributed by atoms with Crippen molar-refractivity contribution in [1.82, 2.24) is 0 Å². The van der Waals surface area contributed by atoms with E-state index in [1.165, 1.54) is 6.92 Å². The number of rotatable bonds is 5. The fourth-order valence-electron chi connectivity index (χ4n) is 0.781. The van der Waals surface area contributed by atoms with Crippen LogP contribution in [-0.2, 0) is 9.59 Å². The molecule has 64 valence electrons. The first-order chi connectivity index (χ1) is 5.04. The molecular weight excluding hydrogens is 144 g/mol. The molecule has 0 aromatic heterocycles. The maximum atomic E-state index is 10.4. The van der Waals surface area contributed by atoms with Gasteiger partial charge in [-0.05, 0) is 19.8 Å². The highest BCUT2D eigenvalue weighted by molar-refractivity contribution is 5.75. The summed E-state index contributed by atoms with van der Waals surface area (Å²) in [5.41, 5.74) is 0. The van der Waals surface area contributed by atoms with Crippen molar-refractivity contribution in [2.24, 2.45) is 5.92 Å². The lowest BCUT2D eigenvalue weighted by Gasteiger charge is -2.03. The second kappa shape index (κ2) is 4.88. The minimum Gasteiger partial charge on any atom is -0.481 e. The lowest BCUT2D eigenvalue weighted by atomic mass is 10.0. The van der Waals surface area contributed by atoms with E-state index in [0.717, 1.165) is 0 Å². The Kier molecular flexibility index (Phi) is 4.50. The molecule has 0 aliphatic rings. The Hall–Kier alpha value is -0.860. The molecule has 1 atom stereocenters. The van der Waals surface area contributed by atoms with E-state index in [2.05, 4.69) is 0 Å².